The Morgan fingerprint density at radius 3 is 2.24 bits per heavy atom. The molecule has 0 aliphatic heterocycles. The average Bonchev–Trinajstić information content (AvgIpc) is 2.20. The second-order valence-electron chi connectivity index (χ2n) is 5.68. The number of nitrogens with one attached hydrogen (secondary N) is 1. The summed E-state index contributed by atoms with van der Waals surface area (Å²) in [4.78, 5) is 22.4. The third-order valence-electron chi connectivity index (χ3n) is 2.52. The van der Waals surface area contributed by atoms with E-state index in [0.717, 1.165) is 0 Å². The first-order valence-corrected chi connectivity index (χ1v) is 5.88. The number of hydrogen-bond donors (Lipinski definition) is 3. The van der Waals surface area contributed by atoms with Gasteiger partial charge >= 0.3 is 5.97 Å². The van der Waals surface area contributed by atoms with Crippen LogP contribution in [0.2, 0.25) is 0 Å². The molecule has 0 aromatic rings. The molecule has 0 saturated heterocycles. The fourth-order valence-electron chi connectivity index (χ4n) is 1.51. The van der Waals surface area contributed by atoms with E-state index in [4.69, 9.17) is 10.8 Å². The highest BCUT2D eigenvalue weighted by atomic mass is 16.4. The standard InChI is InChI=1S/C12H24N2O3/c1-8(11(16)17)7-14-10(15)9(6-13)5-12(2,3)4/h8-9H,5-7,13H2,1-4H3,(H,14,15)(H,16,17). The van der Waals surface area contributed by atoms with Crippen LogP contribution in [0.25, 0.3) is 0 Å². The summed E-state index contributed by atoms with van der Waals surface area (Å²) in [6.45, 7) is 8.12. The van der Waals surface area contributed by atoms with Gasteiger partial charge in [0.2, 0.25) is 5.91 Å². The van der Waals surface area contributed by atoms with Crippen LogP contribution in [-0.2, 0) is 9.59 Å². The van der Waals surface area contributed by atoms with Crippen LogP contribution in [0.4, 0.5) is 0 Å². The minimum atomic E-state index is -0.912. The smallest absolute Gasteiger partial charge is 0.308 e. The van der Waals surface area contributed by atoms with Gasteiger partial charge in [-0.25, -0.2) is 0 Å². The van der Waals surface area contributed by atoms with E-state index < -0.39 is 11.9 Å². The maximum absolute atomic E-state index is 11.8. The molecule has 0 aliphatic carbocycles. The zero-order valence-corrected chi connectivity index (χ0v) is 11.1. The summed E-state index contributed by atoms with van der Waals surface area (Å²) in [7, 11) is 0. The first-order valence-electron chi connectivity index (χ1n) is 5.88. The second-order valence-corrected chi connectivity index (χ2v) is 5.68. The van der Waals surface area contributed by atoms with Crippen molar-refractivity contribution in [3.63, 3.8) is 0 Å². The van der Waals surface area contributed by atoms with E-state index in [1.165, 1.54) is 0 Å². The molecule has 5 heteroatoms. The van der Waals surface area contributed by atoms with E-state index in [1.807, 2.05) is 20.8 Å². The Kier molecular flexibility index (Phi) is 6.16. The van der Waals surface area contributed by atoms with Crippen molar-refractivity contribution < 1.29 is 14.7 Å². The van der Waals surface area contributed by atoms with Crippen LogP contribution < -0.4 is 11.1 Å². The van der Waals surface area contributed by atoms with Gasteiger partial charge in [-0.15, -0.1) is 0 Å². The van der Waals surface area contributed by atoms with Gasteiger partial charge in [-0.1, -0.05) is 27.7 Å². The molecule has 2 atom stereocenters. The lowest BCUT2D eigenvalue weighted by Gasteiger charge is -2.24. The molecule has 0 aliphatic rings. The Morgan fingerprint density at radius 1 is 1.35 bits per heavy atom. The molecular formula is C12H24N2O3. The van der Waals surface area contributed by atoms with Crippen molar-refractivity contribution >= 4 is 11.9 Å². The highest BCUT2D eigenvalue weighted by Crippen LogP contribution is 2.23. The number of nitrogens with two attached hydrogens (primary N) is 1. The SMILES string of the molecule is CC(CNC(=O)C(CN)CC(C)(C)C)C(=O)O. The first-order chi connectivity index (χ1) is 7.67. The topological polar surface area (TPSA) is 92.4 Å². The van der Waals surface area contributed by atoms with Gasteiger partial charge in [0.05, 0.1) is 11.8 Å². The Balaban J connectivity index is 4.23. The van der Waals surface area contributed by atoms with Crippen molar-refractivity contribution in [3.8, 4) is 0 Å². The van der Waals surface area contributed by atoms with E-state index in [2.05, 4.69) is 5.32 Å². The average molecular weight is 244 g/mol. The maximum atomic E-state index is 11.8. The Morgan fingerprint density at radius 2 is 1.88 bits per heavy atom. The molecule has 0 bridgehead atoms. The number of aliphatic carboxylic acids is 1. The summed E-state index contributed by atoms with van der Waals surface area (Å²) in [6.07, 6.45) is 0.691. The van der Waals surface area contributed by atoms with Gasteiger partial charge in [0, 0.05) is 13.1 Å². The molecule has 0 radical (unpaired) electrons. The lowest BCUT2D eigenvalue weighted by molar-refractivity contribution is -0.141. The van der Waals surface area contributed by atoms with Crippen LogP contribution in [0.15, 0.2) is 0 Å². The second kappa shape index (κ2) is 6.59. The molecule has 2 unspecified atom stereocenters. The van der Waals surface area contributed by atoms with E-state index in [0.29, 0.717) is 6.42 Å². The highest BCUT2D eigenvalue weighted by molar-refractivity contribution is 5.79. The van der Waals surface area contributed by atoms with Gasteiger partial charge in [0.25, 0.3) is 0 Å². The predicted molar refractivity (Wildman–Crippen MR) is 66.4 cm³/mol. The molecule has 0 aromatic heterocycles. The molecule has 100 valence electrons. The van der Waals surface area contributed by atoms with Crippen molar-refractivity contribution in [2.24, 2.45) is 23.0 Å². The summed E-state index contributed by atoms with van der Waals surface area (Å²) in [5, 5.41) is 11.3. The van der Waals surface area contributed by atoms with Crippen molar-refractivity contribution in [1.29, 1.82) is 0 Å². The van der Waals surface area contributed by atoms with Crippen LogP contribution in [0.3, 0.4) is 0 Å². The zero-order valence-electron chi connectivity index (χ0n) is 11.1. The monoisotopic (exact) mass is 244 g/mol. The number of carbonyl (C=O) groups is 2. The molecule has 17 heavy (non-hydrogen) atoms. The first kappa shape index (κ1) is 15.9. The predicted octanol–water partition coefficient (Wildman–Crippen LogP) is 0.834. The summed E-state index contributed by atoms with van der Waals surface area (Å²) in [6, 6.07) is 0. The minimum absolute atomic E-state index is 0.0276. The number of hydrogen-bond acceptors (Lipinski definition) is 3. The van der Waals surface area contributed by atoms with Gasteiger partial charge in [-0.2, -0.15) is 0 Å². The number of rotatable bonds is 6. The fraction of sp³-hybridized carbons (Fsp3) is 0.833. The van der Waals surface area contributed by atoms with Crippen LogP contribution >= 0.6 is 0 Å². The summed E-state index contributed by atoms with van der Waals surface area (Å²) in [5.74, 6) is -1.90. The van der Waals surface area contributed by atoms with Crippen LogP contribution in [0.5, 0.6) is 0 Å². The molecule has 0 heterocycles. The minimum Gasteiger partial charge on any atom is -0.481 e. The van der Waals surface area contributed by atoms with Gasteiger partial charge in [0.15, 0.2) is 0 Å². The van der Waals surface area contributed by atoms with Gasteiger partial charge in [0.1, 0.15) is 0 Å². The third kappa shape index (κ3) is 6.94. The van der Waals surface area contributed by atoms with Gasteiger partial charge < -0.3 is 16.2 Å². The molecule has 0 aromatic carbocycles. The molecule has 0 fully saturated rings. The number of carbonyl (C=O) groups excluding carboxylic acids is 1. The zero-order chi connectivity index (χ0) is 13.6. The van der Waals surface area contributed by atoms with Crippen LogP contribution in [0, 0.1) is 17.3 Å². The Labute approximate surface area is 103 Å². The van der Waals surface area contributed by atoms with Crippen LogP contribution in [0.1, 0.15) is 34.1 Å². The molecule has 4 N–H and O–H groups in total. The molecule has 0 saturated carbocycles. The molecule has 1 amide bonds. The lowest BCUT2D eigenvalue weighted by atomic mass is 9.84. The van der Waals surface area contributed by atoms with Gasteiger partial charge in [-0.05, 0) is 11.8 Å². The third-order valence-corrected chi connectivity index (χ3v) is 2.52. The van der Waals surface area contributed by atoms with Crippen molar-refractivity contribution in [2.75, 3.05) is 13.1 Å². The van der Waals surface area contributed by atoms with Crippen molar-refractivity contribution in [1.82, 2.24) is 5.32 Å². The van der Waals surface area contributed by atoms with E-state index in [1.54, 1.807) is 6.92 Å². The van der Waals surface area contributed by atoms with Crippen molar-refractivity contribution in [3.05, 3.63) is 0 Å². The molecular weight excluding hydrogens is 220 g/mol. The van der Waals surface area contributed by atoms with E-state index >= 15 is 0 Å². The van der Waals surface area contributed by atoms with E-state index in [9.17, 15) is 9.59 Å². The normalized spacial score (nSPS) is 15.1. The van der Waals surface area contributed by atoms with E-state index in [-0.39, 0.29) is 30.3 Å². The van der Waals surface area contributed by atoms with Gasteiger partial charge in [-0.3, -0.25) is 9.59 Å². The van der Waals surface area contributed by atoms with Crippen molar-refractivity contribution in [2.45, 2.75) is 34.1 Å². The molecule has 5 nitrogen and oxygen atoms in total. The Bertz CT molecular complexity index is 271. The fourth-order valence-corrected chi connectivity index (χ4v) is 1.51. The summed E-state index contributed by atoms with van der Waals surface area (Å²) >= 11 is 0. The quantitative estimate of drug-likeness (QED) is 0.645. The largest absolute Gasteiger partial charge is 0.481 e. The number of carboxylic acids is 1. The molecule has 0 rings (SSSR count). The highest BCUT2D eigenvalue weighted by Gasteiger charge is 2.24. The summed E-state index contributed by atoms with van der Waals surface area (Å²) in [5.41, 5.74) is 5.60. The number of carboxylic acid groups (broad SMARTS) is 1. The maximum Gasteiger partial charge on any atom is 0.308 e. The molecule has 0 spiro atoms. The summed E-state index contributed by atoms with van der Waals surface area (Å²) < 4.78 is 0. The van der Waals surface area contributed by atoms with Crippen LogP contribution in [-0.4, -0.2) is 30.1 Å². The lowest BCUT2D eigenvalue weighted by Crippen LogP contribution is -2.40. The Hall–Kier alpha value is -1.10. The number of amides is 1.